The lowest BCUT2D eigenvalue weighted by Gasteiger charge is -2.26. The number of ether oxygens (including phenoxy) is 1. The SMILES string of the molecule is COc1ccc(/C(O)=C2\C(=O)C(=O)N(c3ccc(F)c(F)c3)C2c2cccc(C)c2)c(C)c1. The summed E-state index contributed by atoms with van der Waals surface area (Å²) in [6, 6.07) is 14.0. The molecule has 1 aliphatic rings. The van der Waals surface area contributed by atoms with Crippen LogP contribution in [0.2, 0.25) is 0 Å². The first kappa shape index (κ1) is 22.2. The van der Waals surface area contributed by atoms with Crippen LogP contribution in [-0.4, -0.2) is 23.9 Å². The summed E-state index contributed by atoms with van der Waals surface area (Å²) in [6.07, 6.45) is 0. The lowest BCUT2D eigenvalue weighted by Crippen LogP contribution is -2.29. The maximum Gasteiger partial charge on any atom is 0.300 e. The van der Waals surface area contributed by atoms with Crippen molar-refractivity contribution in [1.29, 1.82) is 0 Å². The first-order valence-corrected chi connectivity index (χ1v) is 10.2. The van der Waals surface area contributed by atoms with Crippen LogP contribution in [0.4, 0.5) is 14.5 Å². The molecular weight excluding hydrogens is 428 g/mol. The van der Waals surface area contributed by atoms with Gasteiger partial charge in [0.25, 0.3) is 11.7 Å². The van der Waals surface area contributed by atoms with E-state index in [4.69, 9.17) is 4.74 Å². The van der Waals surface area contributed by atoms with Crippen LogP contribution in [-0.2, 0) is 9.59 Å². The van der Waals surface area contributed by atoms with Crippen molar-refractivity contribution in [1.82, 2.24) is 0 Å². The predicted octanol–water partition coefficient (Wildman–Crippen LogP) is 5.22. The molecule has 0 saturated carbocycles. The number of carbonyl (C=O) groups excluding carboxylic acids is 2. The summed E-state index contributed by atoms with van der Waals surface area (Å²) < 4.78 is 32.8. The number of carbonyl (C=O) groups is 2. The molecule has 7 heteroatoms. The molecule has 168 valence electrons. The highest BCUT2D eigenvalue weighted by Gasteiger charge is 2.47. The van der Waals surface area contributed by atoms with Gasteiger partial charge in [-0.1, -0.05) is 29.8 Å². The molecule has 0 radical (unpaired) electrons. The van der Waals surface area contributed by atoms with Crippen LogP contribution in [0.1, 0.15) is 28.3 Å². The summed E-state index contributed by atoms with van der Waals surface area (Å²) in [7, 11) is 1.51. The highest BCUT2D eigenvalue weighted by molar-refractivity contribution is 6.51. The highest BCUT2D eigenvalue weighted by atomic mass is 19.2. The van der Waals surface area contributed by atoms with E-state index in [1.54, 1.807) is 43.3 Å². The number of aliphatic hydroxyl groups is 1. The van der Waals surface area contributed by atoms with Gasteiger partial charge in [0.05, 0.1) is 18.7 Å². The molecule has 3 aromatic carbocycles. The van der Waals surface area contributed by atoms with Gasteiger partial charge in [-0.15, -0.1) is 0 Å². The molecule has 0 aliphatic carbocycles. The first-order valence-electron chi connectivity index (χ1n) is 10.2. The smallest absolute Gasteiger partial charge is 0.300 e. The van der Waals surface area contributed by atoms with Crippen molar-refractivity contribution in [3.05, 3.63) is 100 Å². The normalized spacial score (nSPS) is 17.5. The van der Waals surface area contributed by atoms with Crippen LogP contribution in [0.5, 0.6) is 5.75 Å². The Kier molecular flexibility index (Phi) is 5.72. The zero-order chi connectivity index (χ0) is 23.9. The third-order valence-electron chi connectivity index (χ3n) is 5.67. The van der Waals surface area contributed by atoms with Gasteiger partial charge in [0, 0.05) is 17.3 Å². The van der Waals surface area contributed by atoms with E-state index in [0.29, 0.717) is 22.4 Å². The van der Waals surface area contributed by atoms with Crippen LogP contribution in [0.15, 0.2) is 66.2 Å². The van der Waals surface area contributed by atoms with Crippen LogP contribution in [0.3, 0.4) is 0 Å². The lowest BCUT2D eigenvalue weighted by molar-refractivity contribution is -0.132. The van der Waals surface area contributed by atoms with E-state index in [2.05, 4.69) is 0 Å². The Morgan fingerprint density at radius 2 is 1.73 bits per heavy atom. The molecule has 1 unspecified atom stereocenters. The average Bonchev–Trinajstić information content (AvgIpc) is 3.06. The monoisotopic (exact) mass is 449 g/mol. The van der Waals surface area contributed by atoms with E-state index in [1.165, 1.54) is 13.2 Å². The van der Waals surface area contributed by atoms with Crippen molar-refractivity contribution in [2.75, 3.05) is 12.0 Å². The summed E-state index contributed by atoms with van der Waals surface area (Å²) in [6.45, 7) is 3.59. The van der Waals surface area contributed by atoms with Crippen molar-refractivity contribution < 1.29 is 28.2 Å². The molecule has 3 aromatic rings. The van der Waals surface area contributed by atoms with Crippen LogP contribution >= 0.6 is 0 Å². The number of hydrogen-bond acceptors (Lipinski definition) is 4. The zero-order valence-electron chi connectivity index (χ0n) is 18.2. The van der Waals surface area contributed by atoms with E-state index >= 15 is 0 Å². The van der Waals surface area contributed by atoms with E-state index in [1.807, 2.05) is 13.0 Å². The predicted molar refractivity (Wildman–Crippen MR) is 120 cm³/mol. The van der Waals surface area contributed by atoms with Crippen molar-refractivity contribution in [2.45, 2.75) is 19.9 Å². The van der Waals surface area contributed by atoms with Gasteiger partial charge >= 0.3 is 0 Å². The van der Waals surface area contributed by atoms with Gasteiger partial charge in [-0.3, -0.25) is 14.5 Å². The minimum Gasteiger partial charge on any atom is -0.507 e. The Hall–Kier alpha value is -4.00. The van der Waals surface area contributed by atoms with E-state index in [-0.39, 0.29) is 17.0 Å². The summed E-state index contributed by atoms with van der Waals surface area (Å²) in [4.78, 5) is 27.3. The number of anilines is 1. The second-order valence-corrected chi connectivity index (χ2v) is 7.86. The largest absolute Gasteiger partial charge is 0.507 e. The lowest BCUT2D eigenvalue weighted by atomic mass is 9.93. The third kappa shape index (κ3) is 3.86. The molecule has 0 spiro atoms. The number of benzene rings is 3. The Morgan fingerprint density at radius 1 is 0.970 bits per heavy atom. The minimum absolute atomic E-state index is 0.00742. The molecule has 1 fully saturated rings. The molecule has 33 heavy (non-hydrogen) atoms. The molecular formula is C26H21F2NO4. The fraction of sp³-hybridized carbons (Fsp3) is 0.154. The molecule has 1 N–H and O–H groups in total. The first-order chi connectivity index (χ1) is 15.7. The molecule has 0 aromatic heterocycles. The van der Waals surface area contributed by atoms with Crippen LogP contribution in [0, 0.1) is 25.5 Å². The van der Waals surface area contributed by atoms with Crippen molar-refractivity contribution in [3.8, 4) is 5.75 Å². The second-order valence-electron chi connectivity index (χ2n) is 7.86. The fourth-order valence-corrected chi connectivity index (χ4v) is 4.06. The van der Waals surface area contributed by atoms with Gasteiger partial charge in [-0.2, -0.15) is 0 Å². The van der Waals surface area contributed by atoms with Crippen molar-refractivity contribution in [3.63, 3.8) is 0 Å². The van der Waals surface area contributed by atoms with Gasteiger partial charge in [-0.05, 0) is 55.3 Å². The molecule has 4 rings (SSSR count). The molecule has 1 atom stereocenters. The van der Waals surface area contributed by atoms with Gasteiger partial charge in [0.1, 0.15) is 11.5 Å². The van der Waals surface area contributed by atoms with E-state index in [9.17, 15) is 23.5 Å². The Labute approximate surface area is 189 Å². The topological polar surface area (TPSA) is 66.8 Å². The van der Waals surface area contributed by atoms with Gasteiger partial charge in [0.2, 0.25) is 0 Å². The number of halogens is 2. The number of aliphatic hydroxyl groups excluding tert-OH is 1. The maximum absolute atomic E-state index is 14.0. The number of amides is 1. The Balaban J connectivity index is 1.97. The number of aryl methyl sites for hydroxylation is 2. The number of Topliss-reactive ketones (excluding diaryl/α,β-unsaturated/α-hetero) is 1. The standard InChI is InChI=1S/C26H21F2NO4/c1-14-5-4-6-16(11-14)23-22(24(30)19-9-8-18(33-3)12-15(19)2)25(31)26(32)29(23)17-7-10-20(27)21(28)13-17/h4-13,23,30H,1-3H3/b24-22+. The Bertz CT molecular complexity index is 1320. The molecule has 1 aliphatic heterocycles. The summed E-state index contributed by atoms with van der Waals surface area (Å²) in [5.41, 5.74) is 2.28. The highest BCUT2D eigenvalue weighted by Crippen LogP contribution is 2.43. The average molecular weight is 449 g/mol. The van der Waals surface area contributed by atoms with Crippen LogP contribution in [0.25, 0.3) is 5.76 Å². The summed E-state index contributed by atoms with van der Waals surface area (Å²) >= 11 is 0. The van der Waals surface area contributed by atoms with Crippen LogP contribution < -0.4 is 9.64 Å². The number of ketones is 1. The molecule has 1 heterocycles. The number of nitrogens with zero attached hydrogens (tertiary/aromatic N) is 1. The summed E-state index contributed by atoms with van der Waals surface area (Å²) in [5, 5.41) is 11.2. The maximum atomic E-state index is 14.0. The Morgan fingerprint density at radius 3 is 2.36 bits per heavy atom. The van der Waals surface area contributed by atoms with Gasteiger partial charge in [-0.25, -0.2) is 8.78 Å². The number of rotatable bonds is 4. The van der Waals surface area contributed by atoms with Crippen molar-refractivity contribution in [2.24, 2.45) is 0 Å². The quantitative estimate of drug-likeness (QED) is 0.337. The van der Waals surface area contributed by atoms with Crippen molar-refractivity contribution >= 4 is 23.1 Å². The minimum atomic E-state index is -1.15. The number of hydrogen-bond donors (Lipinski definition) is 1. The zero-order valence-corrected chi connectivity index (χ0v) is 18.2. The van der Waals surface area contributed by atoms with E-state index in [0.717, 1.165) is 22.6 Å². The molecule has 1 saturated heterocycles. The fourth-order valence-electron chi connectivity index (χ4n) is 4.06. The summed E-state index contributed by atoms with van der Waals surface area (Å²) in [5.74, 6) is -3.87. The molecule has 1 amide bonds. The second kappa shape index (κ2) is 8.50. The van der Waals surface area contributed by atoms with Gasteiger partial charge in [0.15, 0.2) is 11.6 Å². The van der Waals surface area contributed by atoms with Gasteiger partial charge < -0.3 is 9.84 Å². The molecule has 0 bridgehead atoms. The molecule has 5 nitrogen and oxygen atoms in total. The van der Waals surface area contributed by atoms with E-state index < -0.39 is 29.4 Å². The third-order valence-corrected chi connectivity index (χ3v) is 5.67. The number of methoxy groups -OCH3 is 1.